The number of hydrogen-bond acceptors (Lipinski definition) is 6. The van der Waals surface area contributed by atoms with Crippen LogP contribution in [0.2, 0.25) is 0 Å². The van der Waals surface area contributed by atoms with Crippen LogP contribution in [0, 0.1) is 0 Å². The molecule has 142 valence electrons. The van der Waals surface area contributed by atoms with Crippen LogP contribution in [0.25, 0.3) is 17.2 Å². The molecule has 0 amide bonds. The first kappa shape index (κ1) is 18.0. The van der Waals surface area contributed by atoms with E-state index < -0.39 is 10.0 Å². The van der Waals surface area contributed by atoms with Gasteiger partial charge in [0, 0.05) is 31.2 Å². The fourth-order valence-corrected chi connectivity index (χ4v) is 4.86. The molecule has 0 N–H and O–H groups in total. The van der Waals surface area contributed by atoms with Gasteiger partial charge in [0.1, 0.15) is 5.69 Å². The lowest BCUT2D eigenvalue weighted by atomic mass is 10.00. The smallest absolute Gasteiger partial charge is 0.234 e. The number of fused-ring (bicyclic) bond motifs is 1. The summed E-state index contributed by atoms with van der Waals surface area (Å²) in [7, 11) is -3.15. The molecule has 0 unspecified atom stereocenters. The minimum atomic E-state index is -3.15. The third-order valence-electron chi connectivity index (χ3n) is 4.99. The van der Waals surface area contributed by atoms with Crippen molar-refractivity contribution in [1.29, 1.82) is 0 Å². The molecule has 4 heterocycles. The van der Waals surface area contributed by atoms with Crippen molar-refractivity contribution in [3.63, 3.8) is 0 Å². The Morgan fingerprint density at radius 1 is 1.11 bits per heavy atom. The van der Waals surface area contributed by atoms with Crippen molar-refractivity contribution in [3.05, 3.63) is 42.7 Å². The Labute approximate surface area is 158 Å². The number of sulfonamides is 1. The number of aryl methyl sites for hydroxylation is 1. The van der Waals surface area contributed by atoms with Gasteiger partial charge in [0.05, 0.1) is 30.0 Å². The van der Waals surface area contributed by atoms with Gasteiger partial charge in [-0.05, 0) is 31.7 Å². The third kappa shape index (κ3) is 3.84. The van der Waals surface area contributed by atoms with Gasteiger partial charge in [-0.1, -0.05) is 6.42 Å². The maximum atomic E-state index is 12.0. The average molecular weight is 386 g/mol. The zero-order chi connectivity index (χ0) is 18.9. The molecular weight excluding hydrogens is 364 g/mol. The Morgan fingerprint density at radius 3 is 2.78 bits per heavy atom. The van der Waals surface area contributed by atoms with Gasteiger partial charge in [-0.25, -0.2) is 18.4 Å². The first-order valence-electron chi connectivity index (χ1n) is 9.08. The Bertz CT molecular complexity index is 1030. The van der Waals surface area contributed by atoms with E-state index in [4.69, 9.17) is 0 Å². The third-order valence-corrected chi connectivity index (χ3v) is 6.32. The molecular formula is C18H22N6O2S. The molecule has 3 aromatic heterocycles. The molecule has 0 spiro atoms. The highest BCUT2D eigenvalue weighted by molar-refractivity contribution is 7.88. The summed E-state index contributed by atoms with van der Waals surface area (Å²) in [5.41, 5.74) is 2.44. The van der Waals surface area contributed by atoms with Crippen molar-refractivity contribution < 1.29 is 8.42 Å². The van der Waals surface area contributed by atoms with Crippen molar-refractivity contribution >= 4 is 15.8 Å². The van der Waals surface area contributed by atoms with Gasteiger partial charge in [0.25, 0.3) is 0 Å². The Morgan fingerprint density at radius 2 is 2.00 bits per heavy atom. The van der Waals surface area contributed by atoms with Gasteiger partial charge < -0.3 is 0 Å². The molecule has 1 saturated heterocycles. The summed E-state index contributed by atoms with van der Waals surface area (Å²) >= 11 is 0. The van der Waals surface area contributed by atoms with Crippen LogP contribution in [0.3, 0.4) is 0 Å². The van der Waals surface area contributed by atoms with Crippen molar-refractivity contribution in [2.75, 3.05) is 12.8 Å². The molecule has 1 aliphatic rings. The van der Waals surface area contributed by atoms with E-state index in [2.05, 4.69) is 19.9 Å². The van der Waals surface area contributed by atoms with Crippen molar-refractivity contribution in [2.24, 2.45) is 0 Å². The predicted molar refractivity (Wildman–Crippen MR) is 102 cm³/mol. The summed E-state index contributed by atoms with van der Waals surface area (Å²) in [4.78, 5) is 17.5. The van der Waals surface area contributed by atoms with Crippen LogP contribution < -0.4 is 0 Å². The van der Waals surface area contributed by atoms with E-state index in [1.54, 1.807) is 29.1 Å². The molecule has 9 heteroatoms. The second-order valence-electron chi connectivity index (χ2n) is 6.89. The summed E-state index contributed by atoms with van der Waals surface area (Å²) in [5.74, 6) is 0.622. The number of imidazole rings is 1. The maximum absolute atomic E-state index is 12.0. The Kier molecular flexibility index (Phi) is 4.88. The lowest BCUT2D eigenvalue weighted by Crippen LogP contribution is -2.43. The molecule has 1 fully saturated rings. The number of aromatic nitrogens is 5. The van der Waals surface area contributed by atoms with Crippen molar-refractivity contribution in [3.8, 4) is 11.4 Å². The van der Waals surface area contributed by atoms with Gasteiger partial charge in [0.15, 0.2) is 0 Å². The standard InChI is InChI=1S/C18H22N6O2S/c1-27(25,26)24-10-3-2-5-15(24)7-6-14-11-21-16(12-20-14)17-13-22-18-19-8-4-9-23(17)18/h4,8-9,11-13,15H,2-3,5-7,10H2,1H3/t15-/m0/s1. The summed E-state index contributed by atoms with van der Waals surface area (Å²) < 4.78 is 27.5. The second-order valence-corrected chi connectivity index (χ2v) is 8.82. The molecule has 1 atom stereocenters. The second kappa shape index (κ2) is 7.32. The maximum Gasteiger partial charge on any atom is 0.234 e. The summed E-state index contributed by atoms with van der Waals surface area (Å²) in [6.45, 7) is 0.621. The quantitative estimate of drug-likeness (QED) is 0.665. The van der Waals surface area contributed by atoms with Crippen LogP contribution in [-0.2, 0) is 16.4 Å². The Hall–Kier alpha value is -2.39. The zero-order valence-corrected chi connectivity index (χ0v) is 16.0. The molecule has 0 bridgehead atoms. The molecule has 4 rings (SSSR count). The van der Waals surface area contributed by atoms with Gasteiger partial charge in [-0.3, -0.25) is 14.4 Å². The molecule has 3 aromatic rings. The highest BCUT2D eigenvalue weighted by Gasteiger charge is 2.28. The SMILES string of the molecule is CS(=O)(=O)N1CCCC[C@H]1CCc1cnc(-c2cnc3ncccn23)cn1. The highest BCUT2D eigenvalue weighted by Crippen LogP contribution is 2.23. The molecule has 8 nitrogen and oxygen atoms in total. The Balaban J connectivity index is 1.47. The van der Waals surface area contributed by atoms with Crippen molar-refractivity contribution in [2.45, 2.75) is 38.1 Å². The van der Waals surface area contributed by atoms with Crippen LogP contribution in [0.4, 0.5) is 0 Å². The average Bonchev–Trinajstić information content (AvgIpc) is 3.10. The first-order chi connectivity index (χ1) is 13.0. The topological polar surface area (TPSA) is 93.4 Å². The number of rotatable bonds is 5. The fraction of sp³-hybridized carbons (Fsp3) is 0.444. The largest absolute Gasteiger partial charge is 0.282 e. The van der Waals surface area contributed by atoms with Gasteiger partial charge in [0.2, 0.25) is 15.8 Å². The normalized spacial score (nSPS) is 18.8. The molecule has 0 radical (unpaired) electrons. The van der Waals surface area contributed by atoms with E-state index in [9.17, 15) is 8.42 Å². The minimum Gasteiger partial charge on any atom is -0.282 e. The van der Waals surface area contributed by atoms with Crippen LogP contribution in [0.15, 0.2) is 37.1 Å². The lowest BCUT2D eigenvalue weighted by molar-refractivity contribution is 0.242. The highest BCUT2D eigenvalue weighted by atomic mass is 32.2. The first-order valence-corrected chi connectivity index (χ1v) is 10.9. The molecule has 27 heavy (non-hydrogen) atoms. The molecule has 1 aliphatic heterocycles. The van der Waals surface area contributed by atoms with Gasteiger partial charge in [-0.2, -0.15) is 4.31 Å². The summed E-state index contributed by atoms with van der Waals surface area (Å²) in [6.07, 6.45) is 14.5. The number of hydrogen-bond donors (Lipinski definition) is 0. The summed E-state index contributed by atoms with van der Waals surface area (Å²) in [5, 5.41) is 0. The molecule has 0 aliphatic carbocycles. The lowest BCUT2D eigenvalue weighted by Gasteiger charge is -2.33. The zero-order valence-electron chi connectivity index (χ0n) is 15.2. The van der Waals surface area contributed by atoms with E-state index in [0.29, 0.717) is 18.7 Å². The van der Waals surface area contributed by atoms with E-state index in [1.165, 1.54) is 6.26 Å². The van der Waals surface area contributed by atoms with E-state index in [1.807, 2.05) is 16.7 Å². The summed E-state index contributed by atoms with van der Waals surface area (Å²) in [6, 6.07) is 1.90. The van der Waals surface area contributed by atoms with Crippen LogP contribution in [-0.4, -0.2) is 55.9 Å². The number of nitrogens with zero attached hydrogens (tertiary/aromatic N) is 6. The fourth-order valence-electron chi connectivity index (χ4n) is 3.65. The van der Waals surface area contributed by atoms with Crippen LogP contribution in [0.1, 0.15) is 31.4 Å². The van der Waals surface area contributed by atoms with E-state index in [-0.39, 0.29) is 6.04 Å². The molecule has 0 saturated carbocycles. The molecule has 0 aromatic carbocycles. The predicted octanol–water partition coefficient (Wildman–Crippen LogP) is 1.93. The van der Waals surface area contributed by atoms with Crippen LogP contribution in [0.5, 0.6) is 0 Å². The van der Waals surface area contributed by atoms with E-state index >= 15 is 0 Å². The number of piperidine rings is 1. The monoisotopic (exact) mass is 386 g/mol. The van der Waals surface area contributed by atoms with Crippen LogP contribution >= 0.6 is 0 Å². The van der Waals surface area contributed by atoms with Gasteiger partial charge >= 0.3 is 0 Å². The van der Waals surface area contributed by atoms with Crippen molar-refractivity contribution in [1.82, 2.24) is 28.6 Å². The minimum absolute atomic E-state index is 0.0556. The van der Waals surface area contributed by atoms with Gasteiger partial charge in [-0.15, -0.1) is 0 Å². The van der Waals surface area contributed by atoms with E-state index in [0.717, 1.165) is 42.8 Å².